The first-order valence-corrected chi connectivity index (χ1v) is 40.5. The summed E-state index contributed by atoms with van der Waals surface area (Å²) in [7, 11) is 0. The summed E-state index contributed by atoms with van der Waals surface area (Å²) in [5, 5.41) is 0. The summed E-state index contributed by atoms with van der Waals surface area (Å²) in [6.07, 6.45) is 24.2. The molecule has 18 aliphatic rings. The number of aryl methyl sites for hydroxylation is 5. The van der Waals surface area contributed by atoms with Gasteiger partial charge in [0.2, 0.25) is 0 Å². The Balaban J connectivity index is 0.776. The monoisotopic (exact) mass is 1350 g/mol. The molecular weight excluding hydrogens is 1260 g/mol. The highest BCUT2D eigenvalue weighted by molar-refractivity contribution is 7.03. The van der Waals surface area contributed by atoms with Gasteiger partial charge in [-0.1, -0.05) is 103 Å². The molecule has 10 aromatic carbocycles. The van der Waals surface area contributed by atoms with Gasteiger partial charge in [0, 0.05) is 45.9 Å². The SMILES string of the molecule is Cc1ccccc1N1c2cc3c(cc2B2c4cc5c(cc4Oc4cc(C67CC8CC(CC(C8)C6)C7)cc1c42)N(c1c(C)cccc1C)c1cc(C24CC6CC(CC(C6)C2)C4)cc2c1B5c1ccccc1O2)B1c2ccccc2Oc2cc(C45CC6CC(CC(C6)C4)C5)cc(c21)N3c1c(C)cccc1C. The summed E-state index contributed by atoms with van der Waals surface area (Å²) in [4.78, 5) is 8.24. The van der Waals surface area contributed by atoms with E-state index in [0.29, 0.717) is 0 Å². The number of fused-ring (bicyclic) bond motifs is 12. The fourth-order valence-corrected chi connectivity index (χ4v) is 28.3. The van der Waals surface area contributed by atoms with Crippen LogP contribution >= 0.6 is 0 Å². The van der Waals surface area contributed by atoms with Crippen LogP contribution in [0.5, 0.6) is 34.5 Å². The van der Waals surface area contributed by atoms with Gasteiger partial charge in [0.25, 0.3) is 20.1 Å². The molecule has 6 nitrogen and oxygen atoms in total. The van der Waals surface area contributed by atoms with Gasteiger partial charge in [0.1, 0.15) is 34.5 Å². The second-order valence-electron chi connectivity index (χ2n) is 37.2. The Morgan fingerprint density at radius 2 is 0.577 bits per heavy atom. The molecule has 0 amide bonds. The molecular formula is C95H88B3N3O3. The first-order valence-electron chi connectivity index (χ1n) is 40.5. The fourth-order valence-electron chi connectivity index (χ4n) is 28.3. The van der Waals surface area contributed by atoms with Crippen molar-refractivity contribution < 1.29 is 14.2 Å². The van der Waals surface area contributed by atoms with E-state index in [1.54, 1.807) is 0 Å². The van der Waals surface area contributed by atoms with Gasteiger partial charge >= 0.3 is 0 Å². The molecule has 0 unspecified atom stereocenters. The lowest BCUT2D eigenvalue weighted by Crippen LogP contribution is -2.65. The third-order valence-electron chi connectivity index (χ3n) is 31.0. The summed E-state index contributed by atoms with van der Waals surface area (Å²) < 4.78 is 23.2. The molecule has 12 bridgehead atoms. The number of hydrogen-bond donors (Lipinski definition) is 0. The molecule has 6 heterocycles. The van der Waals surface area contributed by atoms with E-state index in [9.17, 15) is 0 Å². The predicted molar refractivity (Wildman–Crippen MR) is 427 cm³/mol. The summed E-state index contributed by atoms with van der Waals surface area (Å²) in [6, 6.07) is 68.1. The highest BCUT2D eigenvalue weighted by Gasteiger charge is 2.58. The topological polar surface area (TPSA) is 37.4 Å². The second kappa shape index (κ2) is 20.6. The second-order valence-corrected chi connectivity index (χ2v) is 37.2. The van der Waals surface area contributed by atoms with Crippen LogP contribution in [-0.2, 0) is 16.2 Å². The Kier molecular flexibility index (Phi) is 11.8. The molecule has 0 atom stereocenters. The number of hydrogen-bond acceptors (Lipinski definition) is 6. The van der Waals surface area contributed by atoms with Gasteiger partial charge in [-0.25, -0.2) is 0 Å². The third kappa shape index (κ3) is 7.97. The van der Waals surface area contributed by atoms with E-state index >= 15 is 0 Å². The predicted octanol–water partition coefficient (Wildman–Crippen LogP) is 17.8. The summed E-state index contributed by atoms with van der Waals surface area (Å²) in [5.74, 6) is 13.3. The van der Waals surface area contributed by atoms with Crippen LogP contribution in [0.3, 0.4) is 0 Å². The molecule has 0 aromatic heterocycles. The first kappa shape index (κ1) is 59.5. The minimum absolute atomic E-state index is 0.0893. The van der Waals surface area contributed by atoms with Crippen LogP contribution in [0.2, 0.25) is 0 Å². The van der Waals surface area contributed by atoms with Gasteiger partial charge in [-0.2, -0.15) is 0 Å². The zero-order valence-electron chi connectivity index (χ0n) is 60.9. The number of ether oxygens (including phenoxy) is 3. The summed E-state index contributed by atoms with van der Waals surface area (Å²) >= 11 is 0. The molecule has 104 heavy (non-hydrogen) atoms. The Labute approximate surface area is 614 Å². The summed E-state index contributed by atoms with van der Waals surface area (Å²) in [6.45, 7) is 11.4. The van der Waals surface area contributed by atoms with Crippen LogP contribution < -0.4 is 78.1 Å². The van der Waals surface area contributed by atoms with Gasteiger partial charge in [-0.15, -0.1) is 0 Å². The van der Waals surface area contributed by atoms with Crippen molar-refractivity contribution in [2.24, 2.45) is 53.3 Å². The quantitative estimate of drug-likeness (QED) is 0.155. The number of para-hydroxylation sites is 5. The van der Waals surface area contributed by atoms with E-state index in [2.05, 4.69) is 219 Å². The molecule has 10 aromatic rings. The Morgan fingerprint density at radius 3 is 0.981 bits per heavy atom. The van der Waals surface area contributed by atoms with Gasteiger partial charge in [-0.05, 0) is 374 Å². The molecule has 0 saturated heterocycles. The van der Waals surface area contributed by atoms with Crippen LogP contribution in [0, 0.1) is 87.9 Å². The molecule has 28 rings (SSSR count). The average molecular weight is 1350 g/mol. The van der Waals surface area contributed by atoms with E-state index in [0.717, 1.165) is 87.8 Å². The number of anilines is 9. The maximum Gasteiger partial charge on any atom is 0.256 e. The first-order chi connectivity index (χ1) is 50.8. The maximum absolute atomic E-state index is 8.19. The van der Waals surface area contributed by atoms with Crippen molar-refractivity contribution in [1.82, 2.24) is 0 Å². The lowest BCUT2D eigenvalue weighted by Gasteiger charge is -2.57. The molecule has 9 heteroatoms. The average Bonchev–Trinajstić information content (AvgIpc) is 0.685. The third-order valence-corrected chi connectivity index (χ3v) is 31.0. The molecule has 0 spiro atoms. The Bertz CT molecular complexity index is 5390. The van der Waals surface area contributed by atoms with Crippen molar-refractivity contribution in [3.63, 3.8) is 0 Å². The van der Waals surface area contributed by atoms with Crippen LogP contribution in [0.1, 0.15) is 160 Å². The minimum atomic E-state index is -0.189. The van der Waals surface area contributed by atoms with Crippen LogP contribution in [-0.4, -0.2) is 20.1 Å². The van der Waals surface area contributed by atoms with Crippen molar-refractivity contribution in [2.75, 3.05) is 14.7 Å². The van der Waals surface area contributed by atoms with Crippen molar-refractivity contribution in [1.29, 1.82) is 0 Å². The van der Waals surface area contributed by atoms with Crippen LogP contribution in [0.25, 0.3) is 0 Å². The Morgan fingerprint density at radius 1 is 0.260 bits per heavy atom. The standard InChI is InChI=1S/C95H88B3N3O3/c1-52-14-6-9-21-75(52)99-76-41-77-72(96-69-19-7-10-22-82(69)102-85-36-67(94-46-60-27-61(47-94)29-62(28-60)48-94)34-80(89(85)96)100(77)91-53(2)15-12-16-54(91)3)39-71(76)98-74-40-73-78(42-84(74)104-87-38-66(33-79(99)88(87)98)93-43-57-24-58(44-93)26-59(25-57)45-93)101(92-55(4)17-13-18-56(92)5)81-35-68(95-49-63-30-64(50-95)32-65(31-63)51-95)37-86-90(81)97(73)70-20-8-11-23-83(70)103-86/h6-23,33-42,57-65H,24-32,43-51H2,1-5H3. The van der Waals surface area contributed by atoms with Gasteiger partial charge in [-0.3, -0.25) is 0 Å². The zero-order chi connectivity index (χ0) is 68.3. The maximum atomic E-state index is 8.19. The largest absolute Gasteiger partial charge is 0.458 e. The number of benzene rings is 10. The van der Waals surface area contributed by atoms with Crippen molar-refractivity contribution in [2.45, 2.75) is 166 Å². The van der Waals surface area contributed by atoms with Crippen LogP contribution in [0.4, 0.5) is 51.2 Å². The van der Waals surface area contributed by atoms with Crippen molar-refractivity contribution in [3.8, 4) is 34.5 Å². The number of rotatable bonds is 6. The minimum Gasteiger partial charge on any atom is -0.458 e. The number of nitrogens with zero attached hydrogens (tertiary/aromatic N) is 3. The molecule has 12 fully saturated rings. The molecule has 6 aliphatic heterocycles. The summed E-state index contributed by atoms with van der Waals surface area (Å²) in [5.41, 5.74) is 34.2. The highest BCUT2D eigenvalue weighted by atomic mass is 16.5. The lowest BCUT2D eigenvalue weighted by molar-refractivity contribution is -0.00534. The zero-order valence-corrected chi connectivity index (χ0v) is 60.9. The van der Waals surface area contributed by atoms with E-state index in [-0.39, 0.29) is 36.4 Å². The van der Waals surface area contributed by atoms with Gasteiger partial charge < -0.3 is 28.9 Å². The van der Waals surface area contributed by atoms with Crippen molar-refractivity contribution in [3.05, 3.63) is 214 Å². The van der Waals surface area contributed by atoms with Gasteiger partial charge in [0.15, 0.2) is 0 Å². The van der Waals surface area contributed by atoms with E-state index < -0.39 is 0 Å². The molecule has 0 N–H and O–H groups in total. The van der Waals surface area contributed by atoms with E-state index in [1.807, 2.05) is 0 Å². The Hall–Kier alpha value is -8.81. The van der Waals surface area contributed by atoms with Crippen LogP contribution in [0.15, 0.2) is 170 Å². The molecule has 510 valence electrons. The fraction of sp³-hybridized carbons (Fsp3) is 0.368. The van der Waals surface area contributed by atoms with Gasteiger partial charge in [0.05, 0.1) is 11.4 Å². The molecule has 12 aliphatic carbocycles. The van der Waals surface area contributed by atoms with E-state index in [1.165, 1.54) is 260 Å². The highest BCUT2D eigenvalue weighted by Crippen LogP contribution is 2.66. The molecule has 12 saturated carbocycles. The smallest absolute Gasteiger partial charge is 0.256 e. The normalized spacial score (nSPS) is 29.4. The van der Waals surface area contributed by atoms with Crippen molar-refractivity contribution >= 4 is 120 Å². The van der Waals surface area contributed by atoms with E-state index in [4.69, 9.17) is 14.2 Å². The lowest BCUT2D eigenvalue weighted by atomic mass is 9.29. The molecule has 0 radical (unpaired) electrons.